The van der Waals surface area contributed by atoms with Crippen LogP contribution in [0.3, 0.4) is 0 Å². The Labute approximate surface area is 60.0 Å². The van der Waals surface area contributed by atoms with E-state index in [-0.39, 0.29) is 17.9 Å². The molecule has 1 aliphatic heterocycles. The Morgan fingerprint density at radius 3 is 2.50 bits per heavy atom. The first-order valence-electron chi connectivity index (χ1n) is 3.15. The minimum atomic E-state index is -2.95. The van der Waals surface area contributed by atoms with E-state index in [4.69, 9.17) is 10.8 Å². The van der Waals surface area contributed by atoms with Crippen LogP contribution in [0.1, 0.15) is 6.42 Å². The van der Waals surface area contributed by atoms with Crippen molar-refractivity contribution < 1.29 is 13.5 Å². The molecule has 0 bridgehead atoms. The first kappa shape index (κ1) is 7.97. The smallest absolute Gasteiger partial charge is 0.152 e. The molecule has 0 aliphatic carbocycles. The summed E-state index contributed by atoms with van der Waals surface area (Å²) in [6.45, 7) is 0. The van der Waals surface area contributed by atoms with Crippen LogP contribution >= 0.6 is 0 Å². The summed E-state index contributed by atoms with van der Waals surface area (Å²) >= 11 is 0. The van der Waals surface area contributed by atoms with Gasteiger partial charge in [0, 0.05) is 6.04 Å². The second-order valence-electron chi connectivity index (χ2n) is 2.63. The third kappa shape index (κ3) is 1.68. The van der Waals surface area contributed by atoms with Crippen LogP contribution in [0.5, 0.6) is 0 Å². The zero-order valence-corrected chi connectivity index (χ0v) is 6.34. The normalized spacial score (nSPS) is 39.4. The van der Waals surface area contributed by atoms with E-state index in [2.05, 4.69) is 0 Å². The van der Waals surface area contributed by atoms with Gasteiger partial charge in [-0.1, -0.05) is 0 Å². The van der Waals surface area contributed by atoms with E-state index in [0.29, 0.717) is 0 Å². The Hall–Kier alpha value is -0.130. The van der Waals surface area contributed by atoms with Crippen molar-refractivity contribution in [3.8, 4) is 0 Å². The molecule has 0 aromatic rings. The summed E-state index contributed by atoms with van der Waals surface area (Å²) in [5.41, 5.74) is 5.32. The van der Waals surface area contributed by atoms with Crippen molar-refractivity contribution in [1.82, 2.24) is 0 Å². The summed E-state index contributed by atoms with van der Waals surface area (Å²) in [7, 11) is -2.95. The molecule has 2 atom stereocenters. The highest BCUT2D eigenvalue weighted by Gasteiger charge is 2.28. The van der Waals surface area contributed by atoms with E-state index in [0.717, 1.165) is 0 Å². The lowest BCUT2D eigenvalue weighted by molar-refractivity contribution is 0.144. The Bertz CT molecular complexity index is 211. The molecule has 1 saturated heterocycles. The minimum Gasteiger partial charge on any atom is -0.391 e. The lowest BCUT2D eigenvalue weighted by atomic mass is 10.1. The Morgan fingerprint density at radius 1 is 1.50 bits per heavy atom. The summed E-state index contributed by atoms with van der Waals surface area (Å²) < 4.78 is 21.6. The second-order valence-corrected chi connectivity index (χ2v) is 4.86. The van der Waals surface area contributed by atoms with Crippen LogP contribution in [0, 0.1) is 0 Å². The van der Waals surface area contributed by atoms with Gasteiger partial charge < -0.3 is 10.8 Å². The number of aliphatic hydroxyl groups excluding tert-OH is 1. The van der Waals surface area contributed by atoms with Crippen LogP contribution in [0.25, 0.3) is 0 Å². The van der Waals surface area contributed by atoms with Crippen molar-refractivity contribution in [2.24, 2.45) is 5.73 Å². The van der Waals surface area contributed by atoms with E-state index >= 15 is 0 Å². The van der Waals surface area contributed by atoms with Crippen molar-refractivity contribution in [2.45, 2.75) is 18.6 Å². The van der Waals surface area contributed by atoms with Crippen LogP contribution in [-0.2, 0) is 9.84 Å². The fourth-order valence-electron chi connectivity index (χ4n) is 1.00. The summed E-state index contributed by atoms with van der Waals surface area (Å²) in [6, 6.07) is -0.584. The van der Waals surface area contributed by atoms with Gasteiger partial charge in [-0.05, 0) is 6.42 Å². The second kappa shape index (κ2) is 2.48. The predicted octanol–water partition coefficient (Wildman–Crippen LogP) is -1.51. The van der Waals surface area contributed by atoms with E-state index in [1.807, 2.05) is 0 Å². The van der Waals surface area contributed by atoms with E-state index in [9.17, 15) is 8.42 Å². The minimum absolute atomic E-state index is 0.0713. The Morgan fingerprint density at radius 2 is 2.10 bits per heavy atom. The molecule has 1 fully saturated rings. The molecule has 1 heterocycles. The molecule has 4 nitrogen and oxygen atoms in total. The van der Waals surface area contributed by atoms with Gasteiger partial charge in [0.05, 0.1) is 17.6 Å². The average molecular weight is 165 g/mol. The first-order valence-corrected chi connectivity index (χ1v) is 4.97. The fourth-order valence-corrected chi connectivity index (χ4v) is 2.58. The van der Waals surface area contributed by atoms with Gasteiger partial charge in [0.2, 0.25) is 0 Å². The highest BCUT2D eigenvalue weighted by atomic mass is 32.2. The van der Waals surface area contributed by atoms with Gasteiger partial charge >= 0.3 is 0 Å². The molecular formula is C5H11NO3S. The highest BCUT2D eigenvalue weighted by Crippen LogP contribution is 2.10. The van der Waals surface area contributed by atoms with Gasteiger partial charge in [-0.25, -0.2) is 8.42 Å². The zero-order valence-electron chi connectivity index (χ0n) is 5.53. The third-order valence-corrected chi connectivity index (χ3v) is 3.42. The van der Waals surface area contributed by atoms with Gasteiger partial charge in [-0.2, -0.15) is 0 Å². The van der Waals surface area contributed by atoms with Crippen LogP contribution in [0.15, 0.2) is 0 Å². The van der Waals surface area contributed by atoms with Crippen LogP contribution < -0.4 is 5.73 Å². The molecule has 0 spiro atoms. The molecule has 3 N–H and O–H groups in total. The topological polar surface area (TPSA) is 80.4 Å². The van der Waals surface area contributed by atoms with Gasteiger partial charge in [0.25, 0.3) is 0 Å². The molecule has 0 amide bonds. The van der Waals surface area contributed by atoms with Crippen molar-refractivity contribution in [2.75, 3.05) is 11.5 Å². The molecule has 0 radical (unpaired) electrons. The lowest BCUT2D eigenvalue weighted by Crippen LogP contribution is -2.46. The summed E-state index contributed by atoms with van der Waals surface area (Å²) in [5, 5.41) is 9.02. The van der Waals surface area contributed by atoms with Crippen molar-refractivity contribution in [1.29, 1.82) is 0 Å². The van der Waals surface area contributed by atoms with E-state index < -0.39 is 22.0 Å². The van der Waals surface area contributed by atoms with Crippen molar-refractivity contribution in [3.63, 3.8) is 0 Å². The van der Waals surface area contributed by atoms with Crippen LogP contribution in [-0.4, -0.2) is 37.2 Å². The molecule has 0 unspecified atom stereocenters. The standard InChI is InChI=1S/C5H11NO3S/c6-4-3-10(8,9)2-1-5(4)7/h4-5,7H,1-3,6H2/t4-,5+/m0/s1. The molecule has 10 heavy (non-hydrogen) atoms. The summed E-state index contributed by atoms with van der Waals surface area (Å²) in [5.74, 6) is -0.00394. The quantitative estimate of drug-likeness (QED) is 0.457. The monoisotopic (exact) mass is 165 g/mol. The van der Waals surface area contributed by atoms with Crippen molar-refractivity contribution in [3.05, 3.63) is 0 Å². The molecule has 1 rings (SSSR count). The summed E-state index contributed by atoms with van der Waals surface area (Å²) in [6.07, 6.45) is -0.354. The van der Waals surface area contributed by atoms with Gasteiger partial charge in [0.15, 0.2) is 9.84 Å². The number of hydrogen-bond acceptors (Lipinski definition) is 4. The molecule has 0 aromatic heterocycles. The van der Waals surface area contributed by atoms with Gasteiger partial charge in [-0.15, -0.1) is 0 Å². The van der Waals surface area contributed by atoms with E-state index in [1.165, 1.54) is 0 Å². The zero-order chi connectivity index (χ0) is 7.78. The van der Waals surface area contributed by atoms with Gasteiger partial charge in [-0.3, -0.25) is 0 Å². The highest BCUT2D eigenvalue weighted by molar-refractivity contribution is 7.91. The molecule has 5 heteroatoms. The number of nitrogens with two attached hydrogens (primary N) is 1. The molecule has 1 aliphatic rings. The molecular weight excluding hydrogens is 154 g/mol. The first-order chi connectivity index (χ1) is 4.51. The third-order valence-electron chi connectivity index (χ3n) is 1.67. The average Bonchev–Trinajstić information content (AvgIpc) is 1.79. The number of hydrogen-bond donors (Lipinski definition) is 2. The Kier molecular flexibility index (Phi) is 1.98. The maximum atomic E-state index is 10.8. The largest absolute Gasteiger partial charge is 0.391 e. The van der Waals surface area contributed by atoms with Crippen LogP contribution in [0.2, 0.25) is 0 Å². The SMILES string of the molecule is N[C@H]1CS(=O)(=O)CC[C@H]1O. The van der Waals surface area contributed by atoms with Gasteiger partial charge in [0.1, 0.15) is 0 Å². The maximum Gasteiger partial charge on any atom is 0.152 e. The number of rotatable bonds is 0. The maximum absolute atomic E-state index is 10.8. The number of sulfone groups is 1. The number of aliphatic hydroxyl groups is 1. The summed E-state index contributed by atoms with van der Waals surface area (Å²) in [4.78, 5) is 0. The molecule has 60 valence electrons. The Balaban J connectivity index is 2.66. The molecule has 0 aromatic carbocycles. The van der Waals surface area contributed by atoms with E-state index in [1.54, 1.807) is 0 Å². The predicted molar refractivity (Wildman–Crippen MR) is 37.3 cm³/mol. The molecule has 0 saturated carbocycles. The fraction of sp³-hybridized carbons (Fsp3) is 1.00. The van der Waals surface area contributed by atoms with Crippen molar-refractivity contribution >= 4 is 9.84 Å². The van der Waals surface area contributed by atoms with Crippen LogP contribution in [0.4, 0.5) is 0 Å². The lowest BCUT2D eigenvalue weighted by Gasteiger charge is -2.23.